The van der Waals surface area contributed by atoms with E-state index in [4.69, 9.17) is 18.1 Å². The van der Waals surface area contributed by atoms with Gasteiger partial charge in [0.05, 0.1) is 38.8 Å². The van der Waals surface area contributed by atoms with Crippen LogP contribution in [0.3, 0.4) is 0 Å². The van der Waals surface area contributed by atoms with Crippen LogP contribution < -0.4 is 0 Å². The summed E-state index contributed by atoms with van der Waals surface area (Å²) in [7, 11) is -6.60. The van der Waals surface area contributed by atoms with Gasteiger partial charge in [-0.05, 0) is 51.0 Å². The fourth-order valence-electron chi connectivity index (χ4n) is 2.42. The van der Waals surface area contributed by atoms with Gasteiger partial charge in [-0.15, -0.1) is 0 Å². The molecule has 0 spiro atoms. The van der Waals surface area contributed by atoms with Gasteiger partial charge in [0.15, 0.2) is 0 Å². The van der Waals surface area contributed by atoms with E-state index in [0.29, 0.717) is 11.1 Å². The SMILES string of the molecule is CCOP(=O)(Cc1cc(O)cc(CP(=O)(OCC)OCC)c1)OCC. The Morgan fingerprint density at radius 3 is 1.32 bits per heavy atom. The van der Waals surface area contributed by atoms with Crippen molar-refractivity contribution in [1.29, 1.82) is 0 Å². The van der Waals surface area contributed by atoms with Crippen LogP contribution >= 0.6 is 15.2 Å². The van der Waals surface area contributed by atoms with Crippen molar-refractivity contribution in [3.05, 3.63) is 29.3 Å². The van der Waals surface area contributed by atoms with Crippen LogP contribution in [0.25, 0.3) is 0 Å². The normalized spacial score (nSPS) is 12.5. The summed E-state index contributed by atoms with van der Waals surface area (Å²) in [5.74, 6) is -0.0217. The van der Waals surface area contributed by atoms with Crippen molar-refractivity contribution in [1.82, 2.24) is 0 Å². The minimum absolute atomic E-state index is 0.0175. The molecule has 1 N–H and O–H groups in total. The lowest BCUT2D eigenvalue weighted by Crippen LogP contribution is -2.01. The maximum atomic E-state index is 12.7. The zero-order chi connectivity index (χ0) is 18.9. The van der Waals surface area contributed by atoms with Gasteiger partial charge in [0.1, 0.15) is 5.75 Å². The van der Waals surface area contributed by atoms with E-state index in [2.05, 4.69) is 0 Å². The van der Waals surface area contributed by atoms with E-state index in [9.17, 15) is 14.2 Å². The maximum absolute atomic E-state index is 12.7. The summed E-state index contributed by atoms with van der Waals surface area (Å²) in [6.07, 6.45) is 0.0350. The van der Waals surface area contributed by atoms with Gasteiger partial charge in [0, 0.05) is 0 Å². The number of rotatable bonds is 12. The van der Waals surface area contributed by atoms with Crippen LogP contribution in [0.5, 0.6) is 5.75 Å². The molecule has 0 unspecified atom stereocenters. The van der Waals surface area contributed by atoms with Gasteiger partial charge in [-0.2, -0.15) is 0 Å². The van der Waals surface area contributed by atoms with Gasteiger partial charge in [-0.25, -0.2) is 0 Å². The van der Waals surface area contributed by atoms with Gasteiger partial charge in [-0.3, -0.25) is 9.13 Å². The van der Waals surface area contributed by atoms with Crippen molar-refractivity contribution in [2.24, 2.45) is 0 Å². The molecule has 0 saturated carbocycles. The molecule has 1 aromatic carbocycles. The van der Waals surface area contributed by atoms with E-state index >= 15 is 0 Å². The number of phenols is 1. The molecule has 1 aromatic rings. The van der Waals surface area contributed by atoms with Gasteiger partial charge in [0.2, 0.25) is 0 Å². The Morgan fingerprint density at radius 2 is 1.04 bits per heavy atom. The molecule has 0 amide bonds. The quantitative estimate of drug-likeness (QED) is 0.503. The van der Waals surface area contributed by atoms with Gasteiger partial charge >= 0.3 is 15.2 Å². The van der Waals surface area contributed by atoms with Gasteiger partial charge < -0.3 is 23.2 Å². The Hall–Kier alpha value is -0.680. The lowest BCUT2D eigenvalue weighted by molar-refractivity contribution is 0.218. The Balaban J connectivity index is 3.06. The van der Waals surface area contributed by atoms with Crippen molar-refractivity contribution >= 4 is 15.2 Å². The predicted molar refractivity (Wildman–Crippen MR) is 97.2 cm³/mol. The van der Waals surface area contributed by atoms with Crippen LogP contribution in [-0.2, 0) is 39.5 Å². The van der Waals surface area contributed by atoms with Crippen LogP contribution in [0.4, 0.5) is 0 Å². The first-order chi connectivity index (χ1) is 11.8. The zero-order valence-corrected chi connectivity index (χ0v) is 17.1. The third-order valence-corrected chi connectivity index (χ3v) is 7.20. The molecule has 0 aliphatic heterocycles. The molecule has 7 nitrogen and oxygen atoms in total. The number of hydrogen-bond donors (Lipinski definition) is 1. The number of aromatic hydroxyl groups is 1. The second kappa shape index (κ2) is 10.5. The molecule has 144 valence electrons. The molecule has 1 rings (SSSR count). The first kappa shape index (κ1) is 22.4. The molecule has 0 bridgehead atoms. The summed E-state index contributed by atoms with van der Waals surface area (Å²) in [5.41, 5.74) is 1.14. The second-order valence-electron chi connectivity index (χ2n) is 5.22. The Bertz CT molecular complexity index is 563. The molecule has 25 heavy (non-hydrogen) atoms. The standard InChI is InChI=1S/C16H28O7P2/c1-5-20-24(18,21-6-2)12-14-9-15(11-16(17)10-14)13-25(19,22-7-3)23-8-4/h9-11,17H,5-8,12-13H2,1-4H3. The van der Waals surface area contributed by atoms with Crippen molar-refractivity contribution in [2.45, 2.75) is 40.0 Å². The van der Waals surface area contributed by atoms with E-state index in [0.717, 1.165) is 0 Å². The molecule has 0 radical (unpaired) electrons. The summed E-state index contributed by atoms with van der Waals surface area (Å²) in [5, 5.41) is 9.96. The first-order valence-corrected chi connectivity index (χ1v) is 11.8. The maximum Gasteiger partial charge on any atom is 0.335 e. The number of phenolic OH excluding ortho intramolecular Hbond substituents is 1. The predicted octanol–water partition coefficient (Wildman–Crippen LogP) is 4.92. The smallest absolute Gasteiger partial charge is 0.335 e. The van der Waals surface area contributed by atoms with E-state index in [1.807, 2.05) is 0 Å². The van der Waals surface area contributed by atoms with E-state index in [1.165, 1.54) is 12.1 Å². The summed E-state index contributed by atoms with van der Waals surface area (Å²) in [4.78, 5) is 0. The highest BCUT2D eigenvalue weighted by molar-refractivity contribution is 7.53. The second-order valence-corrected chi connectivity index (χ2v) is 9.33. The minimum Gasteiger partial charge on any atom is -0.508 e. The van der Waals surface area contributed by atoms with Crippen LogP contribution in [0.15, 0.2) is 18.2 Å². The number of benzene rings is 1. The number of hydrogen-bond acceptors (Lipinski definition) is 7. The van der Waals surface area contributed by atoms with Crippen molar-refractivity contribution < 1.29 is 32.3 Å². The van der Waals surface area contributed by atoms with Crippen LogP contribution in [0.2, 0.25) is 0 Å². The van der Waals surface area contributed by atoms with Gasteiger partial charge in [0.25, 0.3) is 0 Å². The van der Waals surface area contributed by atoms with Crippen LogP contribution in [0, 0.1) is 0 Å². The molecule has 0 aliphatic rings. The molecular weight excluding hydrogens is 366 g/mol. The van der Waals surface area contributed by atoms with Crippen LogP contribution in [-0.4, -0.2) is 31.5 Å². The largest absolute Gasteiger partial charge is 0.508 e. The van der Waals surface area contributed by atoms with Crippen LogP contribution in [0.1, 0.15) is 38.8 Å². The third-order valence-electron chi connectivity index (χ3n) is 3.09. The van der Waals surface area contributed by atoms with Crippen molar-refractivity contribution in [3.63, 3.8) is 0 Å². The van der Waals surface area contributed by atoms with E-state index in [-0.39, 0.29) is 44.5 Å². The molecule has 9 heteroatoms. The summed E-state index contributed by atoms with van der Waals surface area (Å²) in [6.45, 7) is 7.97. The summed E-state index contributed by atoms with van der Waals surface area (Å²) >= 11 is 0. The summed E-state index contributed by atoms with van der Waals surface area (Å²) < 4.78 is 46.4. The molecule has 0 atom stereocenters. The highest BCUT2D eigenvalue weighted by Crippen LogP contribution is 2.53. The highest BCUT2D eigenvalue weighted by atomic mass is 31.2. The Labute approximate surface area is 149 Å². The first-order valence-electron chi connectivity index (χ1n) is 8.37. The molecular formula is C16H28O7P2. The van der Waals surface area contributed by atoms with Crippen molar-refractivity contribution in [2.75, 3.05) is 26.4 Å². The fourth-order valence-corrected chi connectivity index (χ4v) is 5.76. The van der Waals surface area contributed by atoms with Crippen molar-refractivity contribution in [3.8, 4) is 5.75 Å². The monoisotopic (exact) mass is 394 g/mol. The minimum atomic E-state index is -3.30. The average molecular weight is 394 g/mol. The fraction of sp³-hybridized carbons (Fsp3) is 0.625. The summed E-state index contributed by atoms with van der Waals surface area (Å²) in [6, 6.07) is 4.68. The molecule has 0 heterocycles. The van der Waals surface area contributed by atoms with Gasteiger partial charge in [-0.1, -0.05) is 6.07 Å². The lowest BCUT2D eigenvalue weighted by Gasteiger charge is -2.19. The highest BCUT2D eigenvalue weighted by Gasteiger charge is 2.27. The third kappa shape index (κ3) is 7.61. The van der Waals surface area contributed by atoms with E-state index < -0.39 is 15.2 Å². The molecule has 0 aromatic heterocycles. The topological polar surface area (TPSA) is 91.3 Å². The Kier molecular flexibility index (Phi) is 9.36. The Morgan fingerprint density at radius 1 is 0.720 bits per heavy atom. The van der Waals surface area contributed by atoms with E-state index in [1.54, 1.807) is 33.8 Å². The zero-order valence-electron chi connectivity index (χ0n) is 15.3. The molecule has 0 aliphatic carbocycles. The lowest BCUT2D eigenvalue weighted by atomic mass is 10.1. The molecule has 0 saturated heterocycles. The molecule has 0 fully saturated rings. The average Bonchev–Trinajstić information content (AvgIpc) is 2.46.